The van der Waals surface area contributed by atoms with Gasteiger partial charge in [-0.2, -0.15) is 5.26 Å². The lowest BCUT2D eigenvalue weighted by atomic mass is 10.5. The highest BCUT2D eigenvalue weighted by Gasteiger charge is 1.95. The summed E-state index contributed by atoms with van der Waals surface area (Å²) in [6.07, 6.45) is -0.145. The van der Waals surface area contributed by atoms with Crippen molar-refractivity contribution in [1.29, 1.82) is 5.26 Å². The molecule has 0 bridgehead atoms. The molecule has 3 heteroatoms. The molecule has 0 amide bonds. The number of esters is 1. The van der Waals surface area contributed by atoms with E-state index in [2.05, 4.69) is 4.74 Å². The molecule has 0 heterocycles. The van der Waals surface area contributed by atoms with E-state index >= 15 is 0 Å². The molecule has 0 saturated heterocycles. The minimum Gasteiger partial charge on any atom is -0.465 e. The second-order valence-electron chi connectivity index (χ2n) is 1.14. The lowest BCUT2D eigenvalue weighted by Crippen LogP contribution is -2.01. The van der Waals surface area contributed by atoms with Crippen LogP contribution in [-0.2, 0) is 9.53 Å². The van der Waals surface area contributed by atoms with Crippen LogP contribution in [0.15, 0.2) is 0 Å². The minimum absolute atomic E-state index is 0.145. The van der Waals surface area contributed by atoms with Crippen molar-refractivity contribution < 1.29 is 9.53 Å². The zero-order valence-electron chi connectivity index (χ0n) is 6.68. The molecule has 0 fully saturated rings. The Morgan fingerprint density at radius 2 is 2.10 bits per heavy atom. The lowest BCUT2D eigenvalue weighted by Gasteiger charge is -1.92. The van der Waals surface area contributed by atoms with Crippen molar-refractivity contribution in [3.05, 3.63) is 0 Å². The number of nitriles is 1. The lowest BCUT2D eigenvalue weighted by molar-refractivity contribution is -0.141. The van der Waals surface area contributed by atoms with Gasteiger partial charge in [0.1, 0.15) is 6.42 Å². The molecule has 0 rings (SSSR count). The van der Waals surface area contributed by atoms with Crippen LogP contribution in [0.1, 0.15) is 27.2 Å². The fraction of sp³-hybridized carbons (Fsp3) is 0.714. The Labute approximate surface area is 61.6 Å². The quantitative estimate of drug-likeness (QED) is 0.550. The first-order valence-electron chi connectivity index (χ1n) is 3.33. The number of carbonyl (C=O) groups excluding carboxylic acids is 1. The van der Waals surface area contributed by atoms with Gasteiger partial charge in [0.25, 0.3) is 0 Å². The molecule has 0 radical (unpaired) electrons. The Kier molecular flexibility index (Phi) is 12.7. The van der Waals surface area contributed by atoms with E-state index in [0.29, 0.717) is 6.61 Å². The van der Waals surface area contributed by atoms with Gasteiger partial charge in [0.2, 0.25) is 0 Å². The van der Waals surface area contributed by atoms with Gasteiger partial charge in [0.15, 0.2) is 0 Å². The van der Waals surface area contributed by atoms with Crippen LogP contribution < -0.4 is 0 Å². The van der Waals surface area contributed by atoms with E-state index in [-0.39, 0.29) is 6.42 Å². The highest BCUT2D eigenvalue weighted by atomic mass is 16.5. The third kappa shape index (κ3) is 10.0. The van der Waals surface area contributed by atoms with Gasteiger partial charge in [-0.05, 0) is 6.92 Å². The third-order valence-corrected chi connectivity index (χ3v) is 0.529. The molecule has 0 N–H and O–H groups in total. The molecule has 0 aromatic carbocycles. The monoisotopic (exact) mass is 143 g/mol. The summed E-state index contributed by atoms with van der Waals surface area (Å²) in [6.45, 7) is 6.05. The number of rotatable bonds is 2. The van der Waals surface area contributed by atoms with E-state index < -0.39 is 5.97 Å². The van der Waals surface area contributed by atoms with Gasteiger partial charge in [-0.25, -0.2) is 0 Å². The first-order valence-corrected chi connectivity index (χ1v) is 3.33. The van der Waals surface area contributed by atoms with Crippen molar-refractivity contribution in [2.75, 3.05) is 6.61 Å². The van der Waals surface area contributed by atoms with Crippen LogP contribution in [0.5, 0.6) is 0 Å². The van der Waals surface area contributed by atoms with E-state index in [1.807, 2.05) is 13.8 Å². The SMILES string of the molecule is CC.CCOC(=O)CC#N. The Bertz CT molecular complexity index is 115. The van der Waals surface area contributed by atoms with Gasteiger partial charge in [0, 0.05) is 0 Å². The van der Waals surface area contributed by atoms with Crippen LogP contribution in [0.3, 0.4) is 0 Å². The van der Waals surface area contributed by atoms with Crippen LogP contribution in [-0.4, -0.2) is 12.6 Å². The highest BCUT2D eigenvalue weighted by Crippen LogP contribution is 1.81. The number of hydrogen-bond donors (Lipinski definition) is 0. The number of carbonyl (C=O) groups is 1. The molecule has 0 unspecified atom stereocenters. The molecule has 0 aliphatic carbocycles. The van der Waals surface area contributed by atoms with Crippen LogP contribution in [0.4, 0.5) is 0 Å². The van der Waals surface area contributed by atoms with Crippen molar-refractivity contribution in [1.82, 2.24) is 0 Å². The summed E-state index contributed by atoms with van der Waals surface area (Å²) in [7, 11) is 0. The second-order valence-corrected chi connectivity index (χ2v) is 1.14. The maximum atomic E-state index is 10.2. The summed E-state index contributed by atoms with van der Waals surface area (Å²) in [5, 5.41) is 7.91. The highest BCUT2D eigenvalue weighted by molar-refractivity contribution is 5.71. The van der Waals surface area contributed by atoms with Crippen LogP contribution in [0, 0.1) is 11.3 Å². The Morgan fingerprint density at radius 1 is 1.60 bits per heavy atom. The first-order chi connectivity index (χ1) is 4.81. The average Bonchev–Trinajstić information content (AvgIpc) is 1.93. The van der Waals surface area contributed by atoms with Gasteiger partial charge in [-0.3, -0.25) is 4.79 Å². The van der Waals surface area contributed by atoms with Crippen molar-refractivity contribution in [2.24, 2.45) is 0 Å². The van der Waals surface area contributed by atoms with Crippen molar-refractivity contribution in [2.45, 2.75) is 27.2 Å². The predicted molar refractivity (Wildman–Crippen MR) is 38.2 cm³/mol. The number of nitrogens with zero attached hydrogens (tertiary/aromatic N) is 1. The standard InChI is InChI=1S/C5H7NO2.C2H6/c1-2-8-5(7)3-4-6;1-2/h2-3H2,1H3;1-2H3. The molecule has 0 saturated carbocycles. The van der Waals surface area contributed by atoms with Crippen molar-refractivity contribution in [3.8, 4) is 6.07 Å². The Balaban J connectivity index is 0. The van der Waals surface area contributed by atoms with E-state index in [1.54, 1.807) is 13.0 Å². The number of hydrogen-bond acceptors (Lipinski definition) is 3. The van der Waals surface area contributed by atoms with Crippen LogP contribution in [0.2, 0.25) is 0 Å². The molecular formula is C7H13NO2. The van der Waals surface area contributed by atoms with Crippen LogP contribution >= 0.6 is 0 Å². The van der Waals surface area contributed by atoms with Gasteiger partial charge < -0.3 is 4.74 Å². The molecule has 0 atom stereocenters. The largest absolute Gasteiger partial charge is 0.465 e. The van der Waals surface area contributed by atoms with Crippen molar-refractivity contribution >= 4 is 5.97 Å². The summed E-state index contributed by atoms with van der Waals surface area (Å²) in [6, 6.07) is 1.68. The summed E-state index contributed by atoms with van der Waals surface area (Å²) < 4.78 is 4.42. The van der Waals surface area contributed by atoms with E-state index in [4.69, 9.17) is 5.26 Å². The van der Waals surface area contributed by atoms with Crippen molar-refractivity contribution in [3.63, 3.8) is 0 Å². The first kappa shape index (κ1) is 11.7. The topological polar surface area (TPSA) is 50.1 Å². The van der Waals surface area contributed by atoms with E-state index in [1.165, 1.54) is 0 Å². The molecule has 0 aliphatic heterocycles. The van der Waals surface area contributed by atoms with E-state index in [0.717, 1.165) is 0 Å². The fourth-order valence-electron chi connectivity index (χ4n) is 0.277. The number of ether oxygens (including phenoxy) is 1. The van der Waals surface area contributed by atoms with Gasteiger partial charge in [-0.15, -0.1) is 0 Å². The second kappa shape index (κ2) is 10.9. The van der Waals surface area contributed by atoms with Gasteiger partial charge >= 0.3 is 5.97 Å². The smallest absolute Gasteiger partial charge is 0.320 e. The maximum Gasteiger partial charge on any atom is 0.320 e. The Morgan fingerprint density at radius 3 is 2.40 bits per heavy atom. The zero-order chi connectivity index (χ0) is 8.41. The minimum atomic E-state index is -0.449. The van der Waals surface area contributed by atoms with Crippen LogP contribution in [0.25, 0.3) is 0 Å². The summed E-state index contributed by atoms with van der Waals surface area (Å²) in [5.74, 6) is -0.449. The fourth-order valence-corrected chi connectivity index (χ4v) is 0.277. The maximum absolute atomic E-state index is 10.2. The third-order valence-electron chi connectivity index (χ3n) is 0.529. The summed E-state index contributed by atoms with van der Waals surface area (Å²) in [5.41, 5.74) is 0. The molecule has 0 aromatic heterocycles. The van der Waals surface area contributed by atoms with Gasteiger partial charge in [0.05, 0.1) is 12.7 Å². The molecule has 0 aliphatic rings. The Hall–Kier alpha value is -1.04. The molecule has 10 heavy (non-hydrogen) atoms. The normalized spacial score (nSPS) is 6.60. The summed E-state index contributed by atoms with van der Waals surface area (Å²) >= 11 is 0. The van der Waals surface area contributed by atoms with Gasteiger partial charge in [-0.1, -0.05) is 13.8 Å². The molecular weight excluding hydrogens is 130 g/mol. The zero-order valence-corrected chi connectivity index (χ0v) is 6.68. The molecule has 0 aromatic rings. The molecule has 3 nitrogen and oxygen atoms in total. The molecule has 0 spiro atoms. The summed E-state index contributed by atoms with van der Waals surface area (Å²) in [4.78, 5) is 10.2. The predicted octanol–water partition coefficient (Wildman–Crippen LogP) is 1.49. The average molecular weight is 143 g/mol. The molecule has 58 valence electrons. The van der Waals surface area contributed by atoms with E-state index in [9.17, 15) is 4.79 Å².